The van der Waals surface area contributed by atoms with E-state index in [0.717, 1.165) is 12.3 Å². The number of ketones is 1. The maximum atomic E-state index is 11.6. The normalized spacial score (nSPS) is 38.9. The number of carbonyl (C=O) groups excluding carboxylic acids is 1. The van der Waals surface area contributed by atoms with Crippen LogP contribution in [0.1, 0.15) is 53.9 Å². The Morgan fingerprint density at radius 3 is 2.41 bits per heavy atom. The quantitative estimate of drug-likeness (QED) is 0.750. The van der Waals surface area contributed by atoms with Crippen LogP contribution in [0.2, 0.25) is 0 Å². The zero-order valence-electron chi connectivity index (χ0n) is 11.9. The van der Waals surface area contributed by atoms with E-state index in [1.807, 2.05) is 13.8 Å². The molecule has 2 rings (SSSR count). The first-order chi connectivity index (χ1) is 7.79. The van der Waals surface area contributed by atoms with Gasteiger partial charge in [0, 0.05) is 5.92 Å². The average Bonchev–Trinajstić information content (AvgIpc) is 2.57. The fraction of sp³-hybridized carbons (Fsp3) is 0.933. The SMILES string of the molecule is CC(C)C(=O)COC1CC2CCC1(C)C2(C)C. The lowest BCUT2D eigenvalue weighted by Crippen LogP contribution is -2.38. The van der Waals surface area contributed by atoms with Crippen molar-refractivity contribution in [2.24, 2.45) is 22.7 Å². The Morgan fingerprint density at radius 2 is 2.00 bits per heavy atom. The summed E-state index contributed by atoms with van der Waals surface area (Å²) in [5.74, 6) is 1.11. The number of Topliss-reactive ketones (excluding diaryl/α,β-unsaturated/α-hetero) is 1. The molecule has 2 heteroatoms. The van der Waals surface area contributed by atoms with Crippen LogP contribution in [-0.2, 0) is 9.53 Å². The van der Waals surface area contributed by atoms with Gasteiger partial charge in [0.15, 0.2) is 5.78 Å². The standard InChI is InChI=1S/C15H26O2/c1-10(2)12(16)9-17-13-8-11-6-7-15(13,5)14(11,3)4/h10-11,13H,6-9H2,1-5H3. The Balaban J connectivity index is 1.99. The van der Waals surface area contributed by atoms with Crippen molar-refractivity contribution in [3.05, 3.63) is 0 Å². The van der Waals surface area contributed by atoms with Gasteiger partial charge in [-0.25, -0.2) is 0 Å². The molecular formula is C15H26O2. The molecule has 17 heavy (non-hydrogen) atoms. The van der Waals surface area contributed by atoms with Gasteiger partial charge in [-0.05, 0) is 36.0 Å². The second-order valence-electron chi connectivity index (χ2n) is 7.03. The van der Waals surface area contributed by atoms with Gasteiger partial charge >= 0.3 is 0 Å². The first-order valence-corrected chi connectivity index (χ1v) is 6.93. The Kier molecular flexibility index (Phi) is 3.14. The predicted octanol–water partition coefficient (Wildman–Crippen LogP) is 3.44. The first kappa shape index (κ1) is 13.1. The molecule has 2 aliphatic rings. The zero-order valence-corrected chi connectivity index (χ0v) is 11.9. The summed E-state index contributed by atoms with van der Waals surface area (Å²) in [5.41, 5.74) is 0.646. The summed E-state index contributed by atoms with van der Waals surface area (Å²) < 4.78 is 5.95. The summed E-state index contributed by atoms with van der Waals surface area (Å²) >= 11 is 0. The first-order valence-electron chi connectivity index (χ1n) is 6.93. The number of hydrogen-bond donors (Lipinski definition) is 0. The number of ether oxygens (including phenoxy) is 1. The van der Waals surface area contributed by atoms with E-state index in [4.69, 9.17) is 4.74 Å². The second kappa shape index (κ2) is 4.08. The van der Waals surface area contributed by atoms with Crippen LogP contribution in [0.25, 0.3) is 0 Å². The molecule has 0 saturated heterocycles. The summed E-state index contributed by atoms with van der Waals surface area (Å²) in [4.78, 5) is 11.6. The van der Waals surface area contributed by atoms with Gasteiger partial charge in [0.25, 0.3) is 0 Å². The average molecular weight is 238 g/mol. The third-order valence-electron chi connectivity index (χ3n) is 5.78. The molecule has 0 aromatic heterocycles. The van der Waals surface area contributed by atoms with Gasteiger partial charge in [-0.2, -0.15) is 0 Å². The van der Waals surface area contributed by atoms with E-state index in [-0.39, 0.29) is 17.1 Å². The lowest BCUT2D eigenvalue weighted by atomic mass is 9.70. The van der Waals surface area contributed by atoms with Crippen LogP contribution in [0.3, 0.4) is 0 Å². The van der Waals surface area contributed by atoms with E-state index >= 15 is 0 Å². The number of fused-ring (bicyclic) bond motifs is 2. The number of carbonyl (C=O) groups is 1. The molecule has 2 aliphatic carbocycles. The molecule has 2 bridgehead atoms. The predicted molar refractivity (Wildman–Crippen MR) is 68.8 cm³/mol. The fourth-order valence-electron chi connectivity index (χ4n) is 3.73. The summed E-state index contributed by atoms with van der Waals surface area (Å²) in [6.45, 7) is 11.3. The Hall–Kier alpha value is -0.370. The number of hydrogen-bond acceptors (Lipinski definition) is 2. The summed E-state index contributed by atoms with van der Waals surface area (Å²) in [6.07, 6.45) is 4.03. The molecule has 3 unspecified atom stereocenters. The van der Waals surface area contributed by atoms with Crippen molar-refractivity contribution in [2.75, 3.05) is 6.61 Å². The molecule has 0 heterocycles. The topological polar surface area (TPSA) is 26.3 Å². The lowest BCUT2D eigenvalue weighted by molar-refractivity contribution is -0.132. The highest BCUT2D eigenvalue weighted by atomic mass is 16.5. The van der Waals surface area contributed by atoms with Crippen molar-refractivity contribution in [3.8, 4) is 0 Å². The third-order valence-corrected chi connectivity index (χ3v) is 5.78. The molecule has 0 aromatic rings. The largest absolute Gasteiger partial charge is 0.370 e. The second-order valence-corrected chi connectivity index (χ2v) is 7.03. The Bertz CT molecular complexity index is 319. The maximum Gasteiger partial charge on any atom is 0.160 e. The molecule has 3 atom stereocenters. The van der Waals surface area contributed by atoms with Crippen LogP contribution in [0, 0.1) is 22.7 Å². The van der Waals surface area contributed by atoms with E-state index in [2.05, 4.69) is 20.8 Å². The molecule has 0 spiro atoms. The zero-order chi connectivity index (χ0) is 12.8. The van der Waals surface area contributed by atoms with Gasteiger partial charge < -0.3 is 4.74 Å². The molecule has 2 saturated carbocycles. The molecule has 98 valence electrons. The van der Waals surface area contributed by atoms with Gasteiger partial charge in [0.1, 0.15) is 6.61 Å². The molecule has 0 radical (unpaired) electrons. The van der Waals surface area contributed by atoms with Crippen LogP contribution in [-0.4, -0.2) is 18.5 Å². The van der Waals surface area contributed by atoms with Gasteiger partial charge in [0.05, 0.1) is 6.10 Å². The van der Waals surface area contributed by atoms with Crippen molar-refractivity contribution in [2.45, 2.75) is 60.0 Å². The molecule has 0 amide bonds. The van der Waals surface area contributed by atoms with E-state index in [9.17, 15) is 4.79 Å². The van der Waals surface area contributed by atoms with Gasteiger partial charge in [0.2, 0.25) is 0 Å². The van der Waals surface area contributed by atoms with E-state index in [1.165, 1.54) is 12.8 Å². The minimum atomic E-state index is 0.0920. The molecule has 0 aliphatic heterocycles. The van der Waals surface area contributed by atoms with E-state index < -0.39 is 0 Å². The molecular weight excluding hydrogens is 212 g/mol. The van der Waals surface area contributed by atoms with Crippen molar-refractivity contribution in [1.82, 2.24) is 0 Å². The summed E-state index contributed by atoms with van der Waals surface area (Å²) in [6, 6.07) is 0. The minimum Gasteiger partial charge on any atom is -0.370 e. The highest BCUT2D eigenvalue weighted by molar-refractivity contribution is 5.81. The monoisotopic (exact) mass is 238 g/mol. The minimum absolute atomic E-state index is 0.0920. The van der Waals surface area contributed by atoms with Gasteiger partial charge in [-0.15, -0.1) is 0 Å². The van der Waals surface area contributed by atoms with Crippen molar-refractivity contribution >= 4 is 5.78 Å². The van der Waals surface area contributed by atoms with Crippen molar-refractivity contribution in [3.63, 3.8) is 0 Å². The Morgan fingerprint density at radius 1 is 1.35 bits per heavy atom. The molecule has 0 N–H and O–H groups in total. The fourth-order valence-corrected chi connectivity index (χ4v) is 3.73. The van der Waals surface area contributed by atoms with Crippen LogP contribution in [0.4, 0.5) is 0 Å². The highest BCUT2D eigenvalue weighted by Gasteiger charge is 2.61. The van der Waals surface area contributed by atoms with Crippen LogP contribution < -0.4 is 0 Å². The van der Waals surface area contributed by atoms with Crippen LogP contribution in [0.5, 0.6) is 0 Å². The summed E-state index contributed by atoms with van der Waals surface area (Å²) in [7, 11) is 0. The Labute approximate surface area is 105 Å². The van der Waals surface area contributed by atoms with Crippen molar-refractivity contribution in [1.29, 1.82) is 0 Å². The van der Waals surface area contributed by atoms with Crippen molar-refractivity contribution < 1.29 is 9.53 Å². The molecule has 2 nitrogen and oxygen atoms in total. The third kappa shape index (κ3) is 1.85. The highest BCUT2D eigenvalue weighted by Crippen LogP contribution is 2.66. The maximum absolute atomic E-state index is 11.6. The number of rotatable bonds is 4. The van der Waals surface area contributed by atoms with Gasteiger partial charge in [-0.1, -0.05) is 34.6 Å². The van der Waals surface area contributed by atoms with E-state index in [0.29, 0.717) is 18.1 Å². The van der Waals surface area contributed by atoms with Gasteiger partial charge in [-0.3, -0.25) is 4.79 Å². The summed E-state index contributed by atoms with van der Waals surface area (Å²) in [5, 5.41) is 0. The van der Waals surface area contributed by atoms with Crippen LogP contribution >= 0.6 is 0 Å². The molecule has 0 aromatic carbocycles. The molecule has 2 fully saturated rings. The van der Waals surface area contributed by atoms with Crippen LogP contribution in [0.15, 0.2) is 0 Å². The lowest BCUT2D eigenvalue weighted by Gasteiger charge is -2.38. The smallest absolute Gasteiger partial charge is 0.160 e. The van der Waals surface area contributed by atoms with E-state index in [1.54, 1.807) is 0 Å².